The lowest BCUT2D eigenvalue weighted by Gasteiger charge is -2.33. The Hall–Kier alpha value is -1.72. The zero-order valence-corrected chi connectivity index (χ0v) is 13.4. The van der Waals surface area contributed by atoms with Gasteiger partial charge in [0.1, 0.15) is 0 Å². The van der Waals surface area contributed by atoms with E-state index in [9.17, 15) is 0 Å². The molecule has 0 N–H and O–H groups in total. The summed E-state index contributed by atoms with van der Waals surface area (Å²) in [5.74, 6) is 0. The van der Waals surface area contributed by atoms with Gasteiger partial charge in [0, 0.05) is 43.6 Å². The fraction of sp³-hybridized carbons (Fsp3) is 0.529. The highest BCUT2D eigenvalue weighted by Crippen LogP contribution is 2.11. The zero-order chi connectivity index (χ0) is 15.4. The van der Waals surface area contributed by atoms with Crippen molar-refractivity contribution in [2.75, 3.05) is 26.2 Å². The number of aromatic nitrogens is 3. The molecule has 22 heavy (non-hydrogen) atoms. The van der Waals surface area contributed by atoms with Crippen LogP contribution in [0.25, 0.3) is 0 Å². The number of hydrogen-bond acceptors (Lipinski definition) is 4. The van der Waals surface area contributed by atoms with Gasteiger partial charge >= 0.3 is 0 Å². The van der Waals surface area contributed by atoms with E-state index in [1.54, 1.807) is 0 Å². The molecule has 1 aliphatic rings. The molecule has 0 amide bonds. The largest absolute Gasteiger partial charge is 0.374 e. The molecular weight excluding hydrogens is 276 g/mol. The van der Waals surface area contributed by atoms with E-state index in [1.807, 2.05) is 25.3 Å². The number of aryl methyl sites for hydroxylation is 2. The van der Waals surface area contributed by atoms with Crippen molar-refractivity contribution in [2.24, 2.45) is 0 Å². The second-order valence-electron chi connectivity index (χ2n) is 5.97. The van der Waals surface area contributed by atoms with Crippen LogP contribution in [0.15, 0.2) is 30.5 Å². The van der Waals surface area contributed by atoms with Crippen molar-refractivity contribution >= 4 is 0 Å². The third-order valence-electron chi connectivity index (χ3n) is 4.11. The maximum Gasteiger partial charge on any atom is 0.0898 e. The third-order valence-corrected chi connectivity index (χ3v) is 4.11. The third kappa shape index (κ3) is 3.93. The average molecular weight is 300 g/mol. The number of ether oxygens (including phenoxy) is 1. The summed E-state index contributed by atoms with van der Waals surface area (Å²) in [5.41, 5.74) is 3.43. The highest BCUT2D eigenvalue weighted by atomic mass is 16.5. The molecule has 5 heteroatoms. The second-order valence-corrected chi connectivity index (χ2v) is 5.97. The van der Waals surface area contributed by atoms with Crippen LogP contribution >= 0.6 is 0 Å². The molecule has 0 unspecified atom stereocenters. The number of pyridine rings is 1. The maximum atomic E-state index is 5.91. The molecule has 5 nitrogen and oxygen atoms in total. The van der Waals surface area contributed by atoms with Crippen molar-refractivity contribution in [2.45, 2.75) is 32.9 Å². The van der Waals surface area contributed by atoms with Crippen molar-refractivity contribution < 1.29 is 4.74 Å². The molecule has 0 radical (unpaired) electrons. The molecule has 0 saturated carbocycles. The van der Waals surface area contributed by atoms with Gasteiger partial charge in [0.25, 0.3) is 0 Å². The van der Waals surface area contributed by atoms with Gasteiger partial charge in [-0.2, -0.15) is 5.10 Å². The summed E-state index contributed by atoms with van der Waals surface area (Å²) >= 11 is 0. The first kappa shape index (κ1) is 15.2. The predicted octanol–water partition coefficient (Wildman–Crippen LogP) is 1.84. The van der Waals surface area contributed by atoms with Gasteiger partial charge in [0.15, 0.2) is 0 Å². The van der Waals surface area contributed by atoms with Gasteiger partial charge in [0.2, 0.25) is 0 Å². The van der Waals surface area contributed by atoms with E-state index in [2.05, 4.69) is 38.7 Å². The topological polar surface area (TPSA) is 43.2 Å². The molecule has 3 heterocycles. The van der Waals surface area contributed by atoms with Crippen molar-refractivity contribution in [3.8, 4) is 0 Å². The van der Waals surface area contributed by atoms with Crippen LogP contribution in [0.3, 0.4) is 0 Å². The minimum Gasteiger partial charge on any atom is -0.374 e. The quantitative estimate of drug-likeness (QED) is 0.845. The first-order valence-electron chi connectivity index (χ1n) is 7.95. The van der Waals surface area contributed by atoms with Gasteiger partial charge in [-0.3, -0.25) is 14.6 Å². The van der Waals surface area contributed by atoms with Crippen molar-refractivity contribution in [1.82, 2.24) is 19.7 Å². The van der Waals surface area contributed by atoms with E-state index in [0.29, 0.717) is 0 Å². The lowest BCUT2D eigenvalue weighted by molar-refractivity contribution is -0.0374. The van der Waals surface area contributed by atoms with E-state index in [1.165, 1.54) is 5.69 Å². The summed E-state index contributed by atoms with van der Waals surface area (Å²) in [5, 5.41) is 4.53. The number of rotatable bonds is 5. The smallest absolute Gasteiger partial charge is 0.0898 e. The summed E-state index contributed by atoms with van der Waals surface area (Å²) in [4.78, 5) is 6.86. The molecule has 0 spiro atoms. The van der Waals surface area contributed by atoms with Gasteiger partial charge in [0.05, 0.1) is 24.9 Å². The highest BCUT2D eigenvalue weighted by Gasteiger charge is 2.21. The van der Waals surface area contributed by atoms with Crippen LogP contribution in [-0.2, 0) is 17.7 Å². The van der Waals surface area contributed by atoms with Crippen molar-refractivity contribution in [3.63, 3.8) is 0 Å². The van der Waals surface area contributed by atoms with Crippen molar-refractivity contribution in [3.05, 3.63) is 47.5 Å². The minimum absolute atomic E-state index is 0.218. The van der Waals surface area contributed by atoms with Crippen LogP contribution in [0, 0.1) is 13.8 Å². The average Bonchev–Trinajstić information content (AvgIpc) is 2.84. The summed E-state index contributed by atoms with van der Waals surface area (Å²) in [6, 6.07) is 8.21. The Morgan fingerprint density at radius 3 is 2.95 bits per heavy atom. The Labute approximate surface area is 131 Å². The van der Waals surface area contributed by atoms with Gasteiger partial charge in [-0.05, 0) is 32.0 Å². The Morgan fingerprint density at radius 2 is 2.23 bits per heavy atom. The zero-order valence-electron chi connectivity index (χ0n) is 13.4. The molecule has 0 bridgehead atoms. The van der Waals surface area contributed by atoms with E-state index in [4.69, 9.17) is 4.74 Å². The molecule has 1 aliphatic heterocycles. The number of nitrogens with zero attached hydrogens (tertiary/aromatic N) is 4. The molecule has 1 atom stereocenters. The Kier molecular flexibility index (Phi) is 4.85. The molecular formula is C17H24N4O. The van der Waals surface area contributed by atoms with Gasteiger partial charge in [-0.1, -0.05) is 6.07 Å². The molecule has 2 aromatic heterocycles. The second kappa shape index (κ2) is 7.03. The molecule has 0 aromatic carbocycles. The van der Waals surface area contributed by atoms with Crippen LogP contribution in [0.1, 0.15) is 17.1 Å². The predicted molar refractivity (Wildman–Crippen MR) is 85.8 cm³/mol. The lowest BCUT2D eigenvalue weighted by atomic mass is 10.2. The molecule has 1 fully saturated rings. The van der Waals surface area contributed by atoms with Gasteiger partial charge < -0.3 is 4.74 Å². The van der Waals surface area contributed by atoms with Crippen LogP contribution < -0.4 is 0 Å². The summed E-state index contributed by atoms with van der Waals surface area (Å²) in [7, 11) is 0. The molecule has 0 aliphatic carbocycles. The van der Waals surface area contributed by atoms with Crippen molar-refractivity contribution in [1.29, 1.82) is 0 Å². The number of morpholine rings is 1. The molecule has 3 rings (SSSR count). The fourth-order valence-electron chi connectivity index (χ4n) is 2.97. The number of hydrogen-bond donors (Lipinski definition) is 0. The summed E-state index contributed by atoms with van der Waals surface area (Å²) in [6.45, 7) is 8.76. The molecule has 2 aromatic rings. The molecule has 1 saturated heterocycles. The van der Waals surface area contributed by atoms with Gasteiger partial charge in [-0.15, -0.1) is 0 Å². The lowest BCUT2D eigenvalue weighted by Crippen LogP contribution is -2.45. The standard InChI is InChI=1S/C17H24N4O/c1-14-11-15(2)21(19-14)13-17-12-20(9-10-22-17)8-6-16-5-3-4-7-18-16/h3-5,7,11,17H,6,8-10,12-13H2,1-2H3/t17-/m0/s1. The Bertz CT molecular complexity index is 596. The van der Waals surface area contributed by atoms with E-state index in [0.717, 1.165) is 50.6 Å². The van der Waals surface area contributed by atoms with Crippen LogP contribution in [0.4, 0.5) is 0 Å². The summed E-state index contributed by atoms with van der Waals surface area (Å²) in [6.07, 6.45) is 3.07. The SMILES string of the molecule is Cc1cc(C)n(C[C@@H]2CN(CCc3ccccn3)CCO2)n1. The Morgan fingerprint density at radius 1 is 1.32 bits per heavy atom. The fourth-order valence-corrected chi connectivity index (χ4v) is 2.97. The summed E-state index contributed by atoms with van der Waals surface area (Å²) < 4.78 is 7.97. The first-order chi connectivity index (χ1) is 10.7. The van der Waals surface area contributed by atoms with E-state index >= 15 is 0 Å². The Balaban J connectivity index is 1.52. The van der Waals surface area contributed by atoms with E-state index in [-0.39, 0.29) is 6.10 Å². The first-order valence-corrected chi connectivity index (χ1v) is 7.95. The van der Waals surface area contributed by atoms with Gasteiger partial charge in [-0.25, -0.2) is 0 Å². The highest BCUT2D eigenvalue weighted by molar-refractivity contribution is 5.07. The van der Waals surface area contributed by atoms with Crippen LogP contribution in [-0.4, -0.2) is 52.0 Å². The molecule has 118 valence electrons. The normalized spacial score (nSPS) is 19.5. The van der Waals surface area contributed by atoms with Crippen LogP contribution in [0.2, 0.25) is 0 Å². The maximum absolute atomic E-state index is 5.91. The van der Waals surface area contributed by atoms with Crippen LogP contribution in [0.5, 0.6) is 0 Å². The monoisotopic (exact) mass is 300 g/mol. The van der Waals surface area contributed by atoms with E-state index < -0.39 is 0 Å². The minimum atomic E-state index is 0.218.